The third-order valence-corrected chi connectivity index (χ3v) is 6.78. The SMILES string of the molecule is COCC(C)=O.Cc1cccc(C2CCN(CCC3CCC(C)CC3)CC2)c1C#N. The molecule has 166 valence electrons. The van der Waals surface area contributed by atoms with Crippen molar-refractivity contribution in [2.45, 2.75) is 71.6 Å². The summed E-state index contributed by atoms with van der Waals surface area (Å²) in [6.07, 6.45) is 9.60. The van der Waals surface area contributed by atoms with Crippen LogP contribution in [0.4, 0.5) is 0 Å². The Morgan fingerprint density at radius 2 is 1.83 bits per heavy atom. The highest BCUT2D eigenvalue weighted by atomic mass is 16.5. The van der Waals surface area contributed by atoms with Gasteiger partial charge in [-0.3, -0.25) is 4.79 Å². The molecule has 30 heavy (non-hydrogen) atoms. The standard InChI is InChI=1S/C22H32N2.C4H8O2/c1-17-6-8-19(9-7-17)10-13-24-14-11-20(12-15-24)21-5-3-4-18(2)22(21)16-23;1-4(5)3-6-2/h3-5,17,19-20H,6-15H2,1-2H3;3H2,1-2H3. The van der Waals surface area contributed by atoms with Crippen molar-refractivity contribution in [3.8, 4) is 6.07 Å². The zero-order chi connectivity index (χ0) is 21.9. The van der Waals surface area contributed by atoms with Crippen molar-refractivity contribution in [3.05, 3.63) is 34.9 Å². The summed E-state index contributed by atoms with van der Waals surface area (Å²) in [6.45, 7) is 9.87. The number of nitrogens with zero attached hydrogens (tertiary/aromatic N) is 2. The molecule has 0 spiro atoms. The van der Waals surface area contributed by atoms with Crippen molar-refractivity contribution in [1.29, 1.82) is 5.26 Å². The van der Waals surface area contributed by atoms with E-state index in [1.165, 1.54) is 84.2 Å². The lowest BCUT2D eigenvalue weighted by molar-refractivity contribution is -0.120. The Morgan fingerprint density at radius 1 is 1.17 bits per heavy atom. The molecule has 1 heterocycles. The van der Waals surface area contributed by atoms with Gasteiger partial charge in [0, 0.05) is 7.11 Å². The predicted molar refractivity (Wildman–Crippen MR) is 123 cm³/mol. The summed E-state index contributed by atoms with van der Waals surface area (Å²) in [5.41, 5.74) is 3.34. The zero-order valence-corrected chi connectivity index (χ0v) is 19.5. The molecule has 4 nitrogen and oxygen atoms in total. The van der Waals surface area contributed by atoms with E-state index < -0.39 is 0 Å². The van der Waals surface area contributed by atoms with Gasteiger partial charge in [0.2, 0.25) is 0 Å². The summed E-state index contributed by atoms with van der Waals surface area (Å²) in [5.74, 6) is 2.57. The van der Waals surface area contributed by atoms with E-state index >= 15 is 0 Å². The molecule has 0 radical (unpaired) electrons. The molecule has 1 aliphatic carbocycles. The Hall–Kier alpha value is -1.70. The van der Waals surface area contributed by atoms with Crippen molar-refractivity contribution >= 4 is 5.78 Å². The highest BCUT2D eigenvalue weighted by Gasteiger charge is 2.24. The van der Waals surface area contributed by atoms with E-state index in [0.717, 1.165) is 23.0 Å². The van der Waals surface area contributed by atoms with Crippen LogP contribution in [0.1, 0.15) is 81.4 Å². The molecule has 1 aromatic carbocycles. The second-order valence-electron chi connectivity index (χ2n) is 9.32. The quantitative estimate of drug-likeness (QED) is 0.620. The molecule has 0 unspecified atom stereocenters. The highest BCUT2D eigenvalue weighted by molar-refractivity contribution is 5.76. The number of likely N-dealkylation sites (tertiary alicyclic amines) is 1. The number of nitriles is 1. The van der Waals surface area contributed by atoms with Crippen LogP contribution in [0.2, 0.25) is 0 Å². The maximum absolute atomic E-state index is 9.92. The molecule has 2 fully saturated rings. The van der Waals surface area contributed by atoms with Crippen LogP contribution in [-0.2, 0) is 9.53 Å². The van der Waals surface area contributed by atoms with Gasteiger partial charge in [-0.1, -0.05) is 50.8 Å². The van der Waals surface area contributed by atoms with Crippen molar-refractivity contribution in [3.63, 3.8) is 0 Å². The average Bonchev–Trinajstić information content (AvgIpc) is 2.74. The smallest absolute Gasteiger partial charge is 0.155 e. The van der Waals surface area contributed by atoms with Crippen LogP contribution in [0, 0.1) is 30.1 Å². The minimum absolute atomic E-state index is 0.0671. The van der Waals surface area contributed by atoms with E-state index in [1.807, 2.05) is 0 Å². The van der Waals surface area contributed by atoms with Gasteiger partial charge in [0.05, 0.1) is 11.6 Å². The largest absolute Gasteiger partial charge is 0.377 e. The van der Waals surface area contributed by atoms with Crippen LogP contribution in [0.3, 0.4) is 0 Å². The minimum atomic E-state index is 0.0671. The monoisotopic (exact) mass is 412 g/mol. The van der Waals surface area contributed by atoms with Gasteiger partial charge in [0.25, 0.3) is 0 Å². The predicted octanol–water partition coefficient (Wildman–Crippen LogP) is 5.48. The summed E-state index contributed by atoms with van der Waals surface area (Å²) >= 11 is 0. The lowest BCUT2D eigenvalue weighted by atomic mass is 9.81. The number of ether oxygens (including phenoxy) is 1. The van der Waals surface area contributed by atoms with E-state index in [2.05, 4.69) is 47.8 Å². The first kappa shape index (κ1) is 24.6. The fourth-order valence-electron chi connectivity index (χ4n) is 4.84. The molecule has 0 bridgehead atoms. The number of carbonyl (C=O) groups excluding carboxylic acids is 1. The Morgan fingerprint density at radius 3 is 2.37 bits per heavy atom. The molecule has 0 N–H and O–H groups in total. The van der Waals surface area contributed by atoms with Crippen LogP contribution in [0.15, 0.2) is 18.2 Å². The highest BCUT2D eigenvalue weighted by Crippen LogP contribution is 2.33. The molecular formula is C26H40N2O2. The molecular weight excluding hydrogens is 372 g/mol. The molecule has 1 aromatic rings. The summed E-state index contributed by atoms with van der Waals surface area (Å²) in [7, 11) is 1.50. The third kappa shape index (κ3) is 7.85. The van der Waals surface area contributed by atoms with E-state index in [9.17, 15) is 10.1 Å². The fourth-order valence-corrected chi connectivity index (χ4v) is 4.84. The van der Waals surface area contributed by atoms with Gasteiger partial charge < -0.3 is 9.64 Å². The van der Waals surface area contributed by atoms with E-state index in [-0.39, 0.29) is 12.4 Å². The van der Waals surface area contributed by atoms with Crippen LogP contribution in [0.25, 0.3) is 0 Å². The van der Waals surface area contributed by atoms with Crippen LogP contribution in [-0.4, -0.2) is 44.0 Å². The number of rotatable bonds is 6. The Balaban J connectivity index is 0.000000469. The molecule has 1 saturated heterocycles. The summed E-state index contributed by atoms with van der Waals surface area (Å²) in [5, 5.41) is 9.47. The molecule has 0 atom stereocenters. The fraction of sp³-hybridized carbons (Fsp3) is 0.692. The summed E-state index contributed by atoms with van der Waals surface area (Å²) in [4.78, 5) is 12.6. The van der Waals surface area contributed by atoms with Crippen molar-refractivity contribution in [1.82, 2.24) is 4.90 Å². The van der Waals surface area contributed by atoms with E-state index in [4.69, 9.17) is 0 Å². The van der Waals surface area contributed by atoms with Gasteiger partial charge in [-0.2, -0.15) is 5.26 Å². The number of ketones is 1. The summed E-state index contributed by atoms with van der Waals surface area (Å²) in [6, 6.07) is 8.78. The Labute approximate surface area is 183 Å². The number of hydrogen-bond donors (Lipinski definition) is 0. The molecule has 0 aromatic heterocycles. The lowest BCUT2D eigenvalue weighted by Gasteiger charge is -2.34. The Kier molecular flexibility index (Phi) is 10.5. The van der Waals surface area contributed by atoms with Crippen molar-refractivity contribution in [2.24, 2.45) is 11.8 Å². The van der Waals surface area contributed by atoms with Gasteiger partial charge in [0.15, 0.2) is 5.78 Å². The minimum Gasteiger partial charge on any atom is -0.377 e. The molecule has 0 amide bonds. The maximum atomic E-state index is 9.92. The number of hydrogen-bond acceptors (Lipinski definition) is 4. The molecule has 1 saturated carbocycles. The van der Waals surface area contributed by atoms with E-state index in [0.29, 0.717) is 5.92 Å². The van der Waals surface area contributed by atoms with Gasteiger partial charge in [-0.15, -0.1) is 0 Å². The molecule has 1 aliphatic heterocycles. The third-order valence-electron chi connectivity index (χ3n) is 6.78. The normalized spacial score (nSPS) is 22.6. The van der Waals surface area contributed by atoms with Crippen LogP contribution < -0.4 is 0 Å². The number of piperidine rings is 1. The second kappa shape index (κ2) is 12.9. The van der Waals surface area contributed by atoms with Gasteiger partial charge >= 0.3 is 0 Å². The first-order valence-electron chi connectivity index (χ1n) is 11.6. The van der Waals surface area contributed by atoms with Gasteiger partial charge in [0.1, 0.15) is 6.61 Å². The summed E-state index contributed by atoms with van der Waals surface area (Å²) < 4.78 is 4.45. The second-order valence-corrected chi connectivity index (χ2v) is 9.32. The molecule has 3 rings (SSSR count). The number of methoxy groups -OCH3 is 1. The zero-order valence-electron chi connectivity index (χ0n) is 19.5. The average molecular weight is 413 g/mol. The van der Waals surface area contributed by atoms with Crippen LogP contribution >= 0.6 is 0 Å². The number of benzene rings is 1. The first-order valence-corrected chi connectivity index (χ1v) is 11.6. The number of Topliss-reactive ketones (excluding diaryl/α,β-unsaturated/α-hetero) is 1. The lowest BCUT2D eigenvalue weighted by Crippen LogP contribution is -2.35. The van der Waals surface area contributed by atoms with E-state index in [1.54, 1.807) is 0 Å². The molecule has 2 aliphatic rings. The van der Waals surface area contributed by atoms with Crippen molar-refractivity contribution in [2.75, 3.05) is 33.4 Å². The Bertz CT molecular complexity index is 693. The topological polar surface area (TPSA) is 53.3 Å². The number of carbonyl (C=O) groups is 1. The van der Waals surface area contributed by atoms with Crippen molar-refractivity contribution < 1.29 is 9.53 Å². The van der Waals surface area contributed by atoms with Gasteiger partial charge in [-0.05, 0) is 81.6 Å². The maximum Gasteiger partial charge on any atom is 0.155 e. The number of aryl methyl sites for hydroxylation is 1. The van der Waals surface area contributed by atoms with Crippen LogP contribution in [0.5, 0.6) is 0 Å². The molecule has 4 heteroatoms. The van der Waals surface area contributed by atoms with Gasteiger partial charge in [-0.25, -0.2) is 0 Å². The first-order chi connectivity index (χ1) is 14.4.